The second-order valence-electron chi connectivity index (χ2n) is 7.21. The highest BCUT2D eigenvalue weighted by molar-refractivity contribution is 7.80. The van der Waals surface area contributed by atoms with Gasteiger partial charge in [-0.3, -0.25) is 9.88 Å². The monoisotopic (exact) mass is 472 g/mol. The maximum atomic E-state index is 13.2. The quantitative estimate of drug-likeness (QED) is 0.590. The summed E-state index contributed by atoms with van der Waals surface area (Å²) in [5.74, 6) is 0. The molecule has 31 heavy (non-hydrogen) atoms. The number of halogens is 4. The number of nitrogens with one attached hydrogen (secondary N) is 1. The maximum absolute atomic E-state index is 13.2. The van der Waals surface area contributed by atoms with Crippen LogP contribution in [0.1, 0.15) is 17.5 Å². The van der Waals surface area contributed by atoms with E-state index in [2.05, 4.69) is 15.2 Å². The Balaban J connectivity index is 1.67. The fourth-order valence-corrected chi connectivity index (χ4v) is 3.80. The van der Waals surface area contributed by atoms with Crippen LogP contribution in [0.5, 0.6) is 0 Å². The van der Waals surface area contributed by atoms with E-state index >= 15 is 0 Å². The predicted octanol–water partition coefficient (Wildman–Crippen LogP) is 4.68. The van der Waals surface area contributed by atoms with Gasteiger partial charge in [-0.05, 0) is 48.5 Å². The van der Waals surface area contributed by atoms with Gasteiger partial charge in [-0.15, -0.1) is 0 Å². The maximum Gasteiger partial charge on any atom is 0.417 e. The van der Waals surface area contributed by atoms with E-state index in [1.54, 1.807) is 12.4 Å². The van der Waals surface area contributed by atoms with Crippen LogP contribution in [0.25, 0.3) is 0 Å². The standard InChI is InChI=1S/C21H24ClF3N4OS/c22-19-5-4-17(13-18(19)21(23,24)25)27-20(31)29(15-16-3-1-6-26-14-16)8-2-7-28-9-11-30-12-10-28/h1,3-6,13-14H,2,7-12,15H2,(H,27,31). The summed E-state index contributed by atoms with van der Waals surface area (Å²) in [4.78, 5) is 8.40. The number of hydrogen-bond donors (Lipinski definition) is 1. The van der Waals surface area contributed by atoms with E-state index in [-0.39, 0.29) is 10.7 Å². The van der Waals surface area contributed by atoms with Crippen molar-refractivity contribution in [3.8, 4) is 0 Å². The van der Waals surface area contributed by atoms with Crippen molar-refractivity contribution in [2.24, 2.45) is 0 Å². The number of benzene rings is 1. The minimum Gasteiger partial charge on any atom is -0.379 e. The van der Waals surface area contributed by atoms with Gasteiger partial charge in [-0.2, -0.15) is 13.2 Å². The summed E-state index contributed by atoms with van der Waals surface area (Å²) in [6, 6.07) is 7.46. The number of thiocarbonyl (C=S) groups is 1. The van der Waals surface area contributed by atoms with Crippen molar-refractivity contribution in [3.63, 3.8) is 0 Å². The molecule has 168 valence electrons. The topological polar surface area (TPSA) is 40.6 Å². The number of rotatable bonds is 7. The van der Waals surface area contributed by atoms with Gasteiger partial charge in [-0.25, -0.2) is 0 Å². The van der Waals surface area contributed by atoms with Gasteiger partial charge in [0.25, 0.3) is 0 Å². The molecule has 2 heterocycles. The number of hydrogen-bond acceptors (Lipinski definition) is 4. The Morgan fingerprint density at radius 3 is 2.71 bits per heavy atom. The molecule has 5 nitrogen and oxygen atoms in total. The van der Waals surface area contributed by atoms with Crippen molar-refractivity contribution in [3.05, 3.63) is 58.9 Å². The highest BCUT2D eigenvalue weighted by Crippen LogP contribution is 2.36. The van der Waals surface area contributed by atoms with Crippen LogP contribution < -0.4 is 5.32 Å². The SMILES string of the molecule is FC(F)(F)c1cc(NC(=S)N(CCCN2CCOCC2)Cc2cccnc2)ccc1Cl. The number of ether oxygens (including phenoxy) is 1. The first-order chi connectivity index (χ1) is 14.8. The van der Waals surface area contributed by atoms with Crippen molar-refractivity contribution in [1.29, 1.82) is 0 Å². The molecule has 1 aliphatic rings. The fraction of sp³-hybridized carbons (Fsp3) is 0.429. The van der Waals surface area contributed by atoms with E-state index in [4.69, 9.17) is 28.6 Å². The molecule has 1 aromatic carbocycles. The molecule has 0 spiro atoms. The second-order valence-corrected chi connectivity index (χ2v) is 8.01. The highest BCUT2D eigenvalue weighted by Gasteiger charge is 2.33. The summed E-state index contributed by atoms with van der Waals surface area (Å²) < 4.78 is 44.9. The summed E-state index contributed by atoms with van der Waals surface area (Å²) in [6.07, 6.45) is -0.239. The Hall–Kier alpha value is -1.94. The van der Waals surface area contributed by atoms with E-state index in [1.165, 1.54) is 12.1 Å². The van der Waals surface area contributed by atoms with Gasteiger partial charge in [0.1, 0.15) is 0 Å². The smallest absolute Gasteiger partial charge is 0.379 e. The number of alkyl halides is 3. The summed E-state index contributed by atoms with van der Waals surface area (Å²) in [6.45, 7) is 5.32. The first-order valence-electron chi connectivity index (χ1n) is 9.94. The number of morpholine rings is 1. The molecule has 2 aromatic rings. The van der Waals surface area contributed by atoms with Gasteiger partial charge in [0, 0.05) is 50.8 Å². The normalized spacial score (nSPS) is 15.0. The van der Waals surface area contributed by atoms with Gasteiger partial charge in [0.15, 0.2) is 5.11 Å². The highest BCUT2D eigenvalue weighted by atomic mass is 35.5. The molecule has 10 heteroatoms. The molecule has 1 aromatic heterocycles. The van der Waals surface area contributed by atoms with Crippen LogP contribution in [0.4, 0.5) is 18.9 Å². The van der Waals surface area contributed by atoms with Crippen LogP contribution >= 0.6 is 23.8 Å². The van der Waals surface area contributed by atoms with Crippen LogP contribution in [-0.4, -0.2) is 59.3 Å². The van der Waals surface area contributed by atoms with Crippen molar-refractivity contribution < 1.29 is 17.9 Å². The lowest BCUT2D eigenvalue weighted by molar-refractivity contribution is -0.137. The molecule has 0 atom stereocenters. The number of nitrogens with zero attached hydrogens (tertiary/aromatic N) is 3. The Labute approximate surface area is 190 Å². The number of pyridine rings is 1. The summed E-state index contributed by atoms with van der Waals surface area (Å²) >= 11 is 11.3. The van der Waals surface area contributed by atoms with Crippen LogP contribution in [-0.2, 0) is 17.5 Å². The van der Waals surface area contributed by atoms with Crippen molar-refractivity contribution >= 4 is 34.6 Å². The molecule has 0 unspecified atom stereocenters. The van der Waals surface area contributed by atoms with E-state index in [9.17, 15) is 13.2 Å². The first-order valence-corrected chi connectivity index (χ1v) is 10.7. The van der Waals surface area contributed by atoms with Crippen LogP contribution in [0.15, 0.2) is 42.7 Å². The molecule has 0 radical (unpaired) electrons. The second kappa shape index (κ2) is 11.1. The van der Waals surface area contributed by atoms with Crippen molar-refractivity contribution in [2.75, 3.05) is 44.7 Å². The Bertz CT molecular complexity index is 863. The number of aromatic nitrogens is 1. The first kappa shape index (κ1) is 23.7. The van der Waals surface area contributed by atoms with Gasteiger partial charge in [-0.1, -0.05) is 17.7 Å². The van der Waals surface area contributed by atoms with E-state index < -0.39 is 11.7 Å². The Morgan fingerprint density at radius 1 is 1.26 bits per heavy atom. The van der Waals surface area contributed by atoms with Gasteiger partial charge in [0.05, 0.1) is 23.8 Å². The molecule has 3 rings (SSSR count). The van der Waals surface area contributed by atoms with Crippen molar-refractivity contribution in [2.45, 2.75) is 19.1 Å². The zero-order valence-electron chi connectivity index (χ0n) is 16.9. The van der Waals surface area contributed by atoms with Crippen LogP contribution in [0, 0.1) is 0 Å². The minimum absolute atomic E-state index is 0.242. The molecule has 0 amide bonds. The minimum atomic E-state index is -4.54. The molecule has 1 fully saturated rings. The molecule has 0 aliphatic carbocycles. The van der Waals surface area contributed by atoms with E-state index in [0.717, 1.165) is 50.9 Å². The van der Waals surface area contributed by atoms with E-state index in [1.807, 2.05) is 17.0 Å². The molecule has 0 bridgehead atoms. The zero-order chi connectivity index (χ0) is 22.3. The van der Waals surface area contributed by atoms with Gasteiger partial charge >= 0.3 is 6.18 Å². The third kappa shape index (κ3) is 7.31. The summed E-state index contributed by atoms with van der Waals surface area (Å²) in [5.41, 5.74) is 0.310. The molecular weight excluding hydrogens is 449 g/mol. The Kier molecular flexibility index (Phi) is 8.48. The Morgan fingerprint density at radius 2 is 2.03 bits per heavy atom. The molecule has 1 aliphatic heterocycles. The van der Waals surface area contributed by atoms with Crippen LogP contribution in [0.3, 0.4) is 0 Å². The number of anilines is 1. The molecule has 1 N–H and O–H groups in total. The third-order valence-corrected chi connectivity index (χ3v) is 5.60. The zero-order valence-corrected chi connectivity index (χ0v) is 18.4. The lowest BCUT2D eigenvalue weighted by Crippen LogP contribution is -2.40. The predicted molar refractivity (Wildman–Crippen MR) is 119 cm³/mol. The molecular formula is C21H24ClF3N4OS. The third-order valence-electron chi connectivity index (χ3n) is 4.91. The fourth-order valence-electron chi connectivity index (χ4n) is 3.30. The lowest BCUT2D eigenvalue weighted by atomic mass is 10.2. The van der Waals surface area contributed by atoms with Crippen LogP contribution in [0.2, 0.25) is 5.02 Å². The largest absolute Gasteiger partial charge is 0.417 e. The lowest BCUT2D eigenvalue weighted by Gasteiger charge is -2.29. The van der Waals surface area contributed by atoms with E-state index in [0.29, 0.717) is 18.2 Å². The van der Waals surface area contributed by atoms with Crippen molar-refractivity contribution in [1.82, 2.24) is 14.8 Å². The molecule has 1 saturated heterocycles. The van der Waals surface area contributed by atoms with Gasteiger partial charge in [0.2, 0.25) is 0 Å². The summed E-state index contributed by atoms with van der Waals surface area (Å²) in [5, 5.41) is 2.94. The molecule has 0 saturated carbocycles. The van der Waals surface area contributed by atoms with Gasteiger partial charge < -0.3 is 15.0 Å². The average molecular weight is 473 g/mol. The summed E-state index contributed by atoms with van der Waals surface area (Å²) in [7, 11) is 0. The average Bonchev–Trinajstić information content (AvgIpc) is 2.75.